The molecule has 0 fully saturated rings. The van der Waals surface area contributed by atoms with Crippen molar-refractivity contribution in [3.8, 4) is 5.88 Å². The summed E-state index contributed by atoms with van der Waals surface area (Å²) in [5.41, 5.74) is 1.66. The number of aromatic nitrogens is 1. The number of fused-ring (bicyclic) bond motifs is 1. The molecule has 4 nitrogen and oxygen atoms in total. The predicted octanol–water partition coefficient (Wildman–Crippen LogP) is 3.57. The summed E-state index contributed by atoms with van der Waals surface area (Å²) in [6.45, 7) is 0.538. The summed E-state index contributed by atoms with van der Waals surface area (Å²) < 4.78 is 5.49. The van der Waals surface area contributed by atoms with E-state index in [2.05, 4.69) is 10.3 Å². The Morgan fingerprint density at radius 3 is 3.05 bits per heavy atom. The van der Waals surface area contributed by atoms with Gasteiger partial charge in [0.2, 0.25) is 11.8 Å². The third-order valence-corrected chi connectivity index (χ3v) is 4.11. The molecule has 2 heterocycles. The first kappa shape index (κ1) is 15.1. The maximum atomic E-state index is 12.3. The van der Waals surface area contributed by atoms with Crippen molar-refractivity contribution in [2.75, 3.05) is 6.61 Å². The normalized spacial score (nSPS) is 16.5. The number of amides is 1. The third-order valence-electron chi connectivity index (χ3n) is 3.52. The Balaban J connectivity index is 1.70. The lowest BCUT2D eigenvalue weighted by Gasteiger charge is -2.25. The Hall–Kier alpha value is -1.78. The van der Waals surface area contributed by atoms with Gasteiger partial charge in [0.1, 0.15) is 0 Å². The Bertz CT molecular complexity index is 706. The second-order valence-electron chi connectivity index (χ2n) is 5.07. The molecule has 1 N–H and O–H groups in total. The number of nitrogens with one attached hydrogen (secondary N) is 1. The third kappa shape index (κ3) is 3.34. The van der Waals surface area contributed by atoms with Gasteiger partial charge in [-0.2, -0.15) is 0 Å². The Morgan fingerprint density at radius 1 is 1.36 bits per heavy atom. The summed E-state index contributed by atoms with van der Waals surface area (Å²) in [7, 11) is 0. The fourth-order valence-corrected chi connectivity index (χ4v) is 2.93. The molecule has 1 aliphatic rings. The van der Waals surface area contributed by atoms with Crippen LogP contribution in [0.25, 0.3) is 0 Å². The Morgan fingerprint density at radius 2 is 2.23 bits per heavy atom. The number of rotatable bonds is 3. The van der Waals surface area contributed by atoms with Gasteiger partial charge in [0.25, 0.3) is 0 Å². The van der Waals surface area contributed by atoms with Gasteiger partial charge in [0.05, 0.1) is 19.1 Å². The highest BCUT2D eigenvalue weighted by Gasteiger charge is 2.23. The molecule has 1 aromatic carbocycles. The van der Waals surface area contributed by atoms with Crippen LogP contribution in [0.2, 0.25) is 10.0 Å². The number of ether oxygens (including phenoxy) is 1. The molecule has 0 saturated heterocycles. The van der Waals surface area contributed by atoms with E-state index >= 15 is 0 Å². The molecule has 1 atom stereocenters. The van der Waals surface area contributed by atoms with Crippen LogP contribution in [0.1, 0.15) is 23.6 Å². The van der Waals surface area contributed by atoms with Gasteiger partial charge in [-0.3, -0.25) is 4.79 Å². The molecule has 0 bridgehead atoms. The molecule has 114 valence electrons. The Kier molecular flexibility index (Phi) is 4.50. The zero-order valence-corrected chi connectivity index (χ0v) is 13.2. The highest BCUT2D eigenvalue weighted by Crippen LogP contribution is 2.29. The molecular formula is C16H14Cl2N2O2. The van der Waals surface area contributed by atoms with Crippen molar-refractivity contribution in [3.05, 3.63) is 57.7 Å². The molecule has 0 unspecified atom stereocenters. The predicted molar refractivity (Wildman–Crippen MR) is 85.4 cm³/mol. The number of hydrogen-bond donors (Lipinski definition) is 1. The zero-order valence-electron chi connectivity index (χ0n) is 11.7. The largest absolute Gasteiger partial charge is 0.477 e. The lowest BCUT2D eigenvalue weighted by molar-refractivity contribution is -0.121. The van der Waals surface area contributed by atoms with Crippen LogP contribution in [0.5, 0.6) is 5.88 Å². The van der Waals surface area contributed by atoms with Crippen LogP contribution in [-0.2, 0) is 11.2 Å². The Labute approximate surface area is 138 Å². The number of pyridine rings is 1. The van der Waals surface area contributed by atoms with Crippen molar-refractivity contribution in [3.63, 3.8) is 0 Å². The summed E-state index contributed by atoms with van der Waals surface area (Å²) >= 11 is 12.0. The second-order valence-corrected chi connectivity index (χ2v) is 5.91. The maximum absolute atomic E-state index is 12.3. The highest BCUT2D eigenvalue weighted by atomic mass is 35.5. The van der Waals surface area contributed by atoms with Gasteiger partial charge < -0.3 is 10.1 Å². The average molecular weight is 337 g/mol. The van der Waals surface area contributed by atoms with Crippen LogP contribution < -0.4 is 10.1 Å². The first-order chi connectivity index (χ1) is 10.6. The quantitative estimate of drug-likeness (QED) is 0.932. The van der Waals surface area contributed by atoms with Gasteiger partial charge in [0.15, 0.2) is 0 Å². The summed E-state index contributed by atoms with van der Waals surface area (Å²) in [5, 5.41) is 4.07. The van der Waals surface area contributed by atoms with Crippen LogP contribution in [-0.4, -0.2) is 17.5 Å². The van der Waals surface area contributed by atoms with Crippen molar-refractivity contribution in [2.45, 2.75) is 18.9 Å². The monoisotopic (exact) mass is 336 g/mol. The average Bonchev–Trinajstić information content (AvgIpc) is 2.50. The summed E-state index contributed by atoms with van der Waals surface area (Å²) in [4.78, 5) is 16.4. The molecule has 0 saturated carbocycles. The van der Waals surface area contributed by atoms with Gasteiger partial charge in [-0.05, 0) is 23.8 Å². The maximum Gasteiger partial charge on any atom is 0.224 e. The SMILES string of the molecule is O=C(Cc1ccc(Cl)cc1Cl)N[C@H]1CCOc2ncccc21. The second kappa shape index (κ2) is 6.55. The summed E-state index contributed by atoms with van der Waals surface area (Å²) in [6, 6.07) is 8.80. The molecule has 0 aliphatic carbocycles. The molecule has 2 aromatic rings. The molecule has 0 radical (unpaired) electrons. The van der Waals surface area contributed by atoms with Gasteiger partial charge in [0, 0.05) is 28.2 Å². The minimum Gasteiger partial charge on any atom is -0.477 e. The minimum atomic E-state index is -0.0917. The lowest BCUT2D eigenvalue weighted by Crippen LogP contribution is -2.33. The van der Waals surface area contributed by atoms with Gasteiger partial charge in [-0.25, -0.2) is 4.98 Å². The molecule has 1 aromatic heterocycles. The standard InChI is InChI=1S/C16H14Cl2N2O2/c17-11-4-3-10(13(18)9-11)8-15(21)20-14-5-7-22-16-12(14)2-1-6-19-16/h1-4,6,9,14H,5,7-8H2,(H,20,21)/t14-/m0/s1. The summed E-state index contributed by atoms with van der Waals surface area (Å²) in [6.07, 6.45) is 2.61. The molecular weight excluding hydrogens is 323 g/mol. The van der Waals surface area contributed by atoms with Gasteiger partial charge >= 0.3 is 0 Å². The number of nitrogens with zero attached hydrogens (tertiary/aromatic N) is 1. The lowest BCUT2D eigenvalue weighted by atomic mass is 10.0. The highest BCUT2D eigenvalue weighted by molar-refractivity contribution is 6.35. The fraction of sp³-hybridized carbons (Fsp3) is 0.250. The fourth-order valence-electron chi connectivity index (χ4n) is 2.45. The minimum absolute atomic E-state index is 0.0870. The molecule has 6 heteroatoms. The van der Waals surface area contributed by atoms with E-state index < -0.39 is 0 Å². The van der Waals surface area contributed by atoms with Gasteiger partial charge in [-0.1, -0.05) is 35.3 Å². The van der Waals surface area contributed by atoms with Crippen LogP contribution in [0.15, 0.2) is 36.5 Å². The van der Waals surface area contributed by atoms with Crippen LogP contribution in [0.3, 0.4) is 0 Å². The van der Waals surface area contributed by atoms with Crippen LogP contribution in [0, 0.1) is 0 Å². The molecule has 1 amide bonds. The van der Waals surface area contributed by atoms with E-state index in [1.54, 1.807) is 24.4 Å². The number of halogens is 2. The molecule has 1 aliphatic heterocycles. The topological polar surface area (TPSA) is 51.2 Å². The zero-order chi connectivity index (χ0) is 15.5. The van der Waals surface area contributed by atoms with E-state index in [9.17, 15) is 4.79 Å². The van der Waals surface area contributed by atoms with E-state index in [4.69, 9.17) is 27.9 Å². The first-order valence-corrected chi connectivity index (χ1v) is 7.70. The number of carbonyl (C=O) groups is 1. The van der Waals surface area contributed by atoms with E-state index in [1.807, 2.05) is 12.1 Å². The smallest absolute Gasteiger partial charge is 0.224 e. The van der Waals surface area contributed by atoms with Gasteiger partial charge in [-0.15, -0.1) is 0 Å². The number of benzene rings is 1. The molecule has 3 rings (SSSR count). The summed E-state index contributed by atoms with van der Waals surface area (Å²) in [5.74, 6) is 0.495. The van der Waals surface area contributed by atoms with E-state index in [1.165, 1.54) is 0 Å². The number of carbonyl (C=O) groups excluding carboxylic acids is 1. The van der Waals surface area contributed by atoms with E-state index in [0.29, 0.717) is 22.5 Å². The van der Waals surface area contributed by atoms with Crippen molar-refractivity contribution in [1.29, 1.82) is 0 Å². The molecule has 22 heavy (non-hydrogen) atoms. The van der Waals surface area contributed by atoms with E-state index in [0.717, 1.165) is 17.5 Å². The van der Waals surface area contributed by atoms with Crippen molar-refractivity contribution >= 4 is 29.1 Å². The first-order valence-electron chi connectivity index (χ1n) is 6.94. The van der Waals surface area contributed by atoms with Crippen LogP contribution >= 0.6 is 23.2 Å². The molecule has 0 spiro atoms. The van der Waals surface area contributed by atoms with E-state index in [-0.39, 0.29) is 18.4 Å². The number of hydrogen-bond acceptors (Lipinski definition) is 3. The van der Waals surface area contributed by atoms with Crippen molar-refractivity contribution in [1.82, 2.24) is 10.3 Å². The van der Waals surface area contributed by atoms with Crippen molar-refractivity contribution in [2.24, 2.45) is 0 Å². The van der Waals surface area contributed by atoms with Crippen LogP contribution in [0.4, 0.5) is 0 Å². The van der Waals surface area contributed by atoms with Crippen molar-refractivity contribution < 1.29 is 9.53 Å².